The van der Waals surface area contributed by atoms with Crippen LogP contribution in [0.25, 0.3) is 5.78 Å². The number of aromatic nitrogens is 4. The molecule has 8 nitrogen and oxygen atoms in total. The zero-order valence-electron chi connectivity index (χ0n) is 12.9. The largest absolute Gasteiger partial charge is 0.338 e. The Morgan fingerprint density at radius 3 is 2.77 bits per heavy atom. The molecule has 9 heteroatoms. The Bertz CT molecular complexity index is 714. The molecule has 118 valence electrons. The lowest BCUT2D eigenvalue weighted by atomic mass is 10.4. The molecule has 3 amide bonds. The van der Waals surface area contributed by atoms with Gasteiger partial charge in [0.2, 0.25) is 11.1 Å². The van der Waals surface area contributed by atoms with Crippen molar-refractivity contribution in [2.75, 3.05) is 6.54 Å². The van der Waals surface area contributed by atoms with Crippen LogP contribution in [-0.4, -0.2) is 43.3 Å². The molecule has 0 aliphatic carbocycles. The van der Waals surface area contributed by atoms with E-state index >= 15 is 0 Å². The van der Waals surface area contributed by atoms with Crippen LogP contribution in [0, 0.1) is 13.8 Å². The summed E-state index contributed by atoms with van der Waals surface area (Å²) in [5.41, 5.74) is 1.78. The minimum Gasteiger partial charge on any atom is -0.338 e. The standard InChI is InChI=1S/C13H18N6O2S/c1-5-14-12(21)16-10(20)9(4)22-13-17-11-15-7(2)6-8(3)19(11)18-13/h6,9H,5H2,1-4H3,(H2,14,16,20,21)/t9-/m0/s1. The Balaban J connectivity index is 2.08. The molecule has 0 aromatic carbocycles. The highest BCUT2D eigenvalue weighted by Gasteiger charge is 2.19. The molecule has 2 rings (SSSR count). The van der Waals surface area contributed by atoms with Crippen molar-refractivity contribution in [3.63, 3.8) is 0 Å². The lowest BCUT2D eigenvalue weighted by Crippen LogP contribution is -2.42. The molecule has 22 heavy (non-hydrogen) atoms. The van der Waals surface area contributed by atoms with Crippen molar-refractivity contribution in [2.24, 2.45) is 0 Å². The maximum atomic E-state index is 11.9. The quantitative estimate of drug-likeness (QED) is 0.817. The molecule has 0 radical (unpaired) electrons. The molecular weight excluding hydrogens is 304 g/mol. The summed E-state index contributed by atoms with van der Waals surface area (Å²) in [6.07, 6.45) is 0. The summed E-state index contributed by atoms with van der Waals surface area (Å²) in [4.78, 5) is 31.8. The van der Waals surface area contributed by atoms with Crippen molar-refractivity contribution in [1.82, 2.24) is 30.2 Å². The predicted molar refractivity (Wildman–Crippen MR) is 82.8 cm³/mol. The first-order chi connectivity index (χ1) is 10.4. The first-order valence-electron chi connectivity index (χ1n) is 6.87. The molecular formula is C13H18N6O2S. The normalized spacial score (nSPS) is 12.2. The van der Waals surface area contributed by atoms with Crippen LogP contribution in [-0.2, 0) is 4.79 Å². The van der Waals surface area contributed by atoms with E-state index in [2.05, 4.69) is 25.7 Å². The number of thioether (sulfide) groups is 1. The lowest BCUT2D eigenvalue weighted by molar-refractivity contribution is -0.119. The molecule has 1 atom stereocenters. The summed E-state index contributed by atoms with van der Waals surface area (Å²) in [6.45, 7) is 7.72. The second-order valence-corrected chi connectivity index (χ2v) is 6.06. The smallest absolute Gasteiger partial charge is 0.321 e. The molecule has 2 aromatic rings. The van der Waals surface area contributed by atoms with Crippen molar-refractivity contribution >= 4 is 29.5 Å². The monoisotopic (exact) mass is 322 g/mol. The number of nitrogens with one attached hydrogen (secondary N) is 2. The summed E-state index contributed by atoms with van der Waals surface area (Å²) < 4.78 is 1.63. The minimum atomic E-state index is -0.504. The van der Waals surface area contributed by atoms with Crippen molar-refractivity contribution in [2.45, 2.75) is 38.1 Å². The van der Waals surface area contributed by atoms with Crippen molar-refractivity contribution in [3.05, 3.63) is 17.5 Å². The number of hydrogen-bond acceptors (Lipinski definition) is 6. The summed E-state index contributed by atoms with van der Waals surface area (Å²) in [7, 11) is 0. The van der Waals surface area contributed by atoms with Crippen LogP contribution in [0.5, 0.6) is 0 Å². The van der Waals surface area contributed by atoms with E-state index in [1.54, 1.807) is 18.4 Å². The Kier molecular flexibility index (Phi) is 4.96. The van der Waals surface area contributed by atoms with Gasteiger partial charge < -0.3 is 5.32 Å². The summed E-state index contributed by atoms with van der Waals surface area (Å²) in [6, 6.07) is 1.40. The SMILES string of the molecule is CCNC(=O)NC(=O)[C@H](C)Sc1nc2nc(C)cc(C)n2n1. The molecule has 0 aliphatic heterocycles. The molecule has 0 spiro atoms. The average Bonchev–Trinajstić information content (AvgIpc) is 2.81. The number of imide groups is 1. The third-order valence-corrected chi connectivity index (χ3v) is 3.78. The number of nitrogens with zero attached hydrogens (tertiary/aromatic N) is 4. The van der Waals surface area contributed by atoms with Gasteiger partial charge >= 0.3 is 6.03 Å². The van der Waals surface area contributed by atoms with Gasteiger partial charge in [0, 0.05) is 17.9 Å². The van der Waals surface area contributed by atoms with Crippen molar-refractivity contribution in [1.29, 1.82) is 0 Å². The van der Waals surface area contributed by atoms with Gasteiger partial charge in [0.05, 0.1) is 5.25 Å². The third kappa shape index (κ3) is 3.73. The average molecular weight is 322 g/mol. The Morgan fingerprint density at radius 1 is 1.36 bits per heavy atom. The van der Waals surface area contributed by atoms with Gasteiger partial charge in [-0.05, 0) is 33.8 Å². The van der Waals surface area contributed by atoms with E-state index in [1.807, 2.05) is 19.9 Å². The number of amides is 3. The highest BCUT2D eigenvalue weighted by Crippen LogP contribution is 2.20. The van der Waals surface area contributed by atoms with Gasteiger partial charge in [-0.3, -0.25) is 10.1 Å². The highest BCUT2D eigenvalue weighted by atomic mass is 32.2. The summed E-state index contributed by atoms with van der Waals surface area (Å²) in [5.74, 6) is 0.104. The van der Waals surface area contributed by atoms with Gasteiger partial charge in [0.15, 0.2) is 0 Å². The van der Waals surface area contributed by atoms with Crippen LogP contribution in [0.15, 0.2) is 11.2 Å². The maximum absolute atomic E-state index is 11.9. The first-order valence-corrected chi connectivity index (χ1v) is 7.75. The lowest BCUT2D eigenvalue weighted by Gasteiger charge is -2.09. The van der Waals surface area contributed by atoms with Crippen molar-refractivity contribution in [3.8, 4) is 0 Å². The molecule has 0 fully saturated rings. The number of aryl methyl sites for hydroxylation is 2. The van der Waals surface area contributed by atoms with Crippen LogP contribution in [0.1, 0.15) is 25.2 Å². The Hall–Kier alpha value is -2.16. The molecule has 0 aliphatic rings. The number of fused-ring (bicyclic) bond motifs is 1. The van der Waals surface area contributed by atoms with Gasteiger partial charge in [-0.15, -0.1) is 5.10 Å². The molecule has 2 aromatic heterocycles. The fraction of sp³-hybridized carbons (Fsp3) is 0.462. The van der Waals surface area contributed by atoms with E-state index in [1.165, 1.54) is 11.8 Å². The number of carbonyl (C=O) groups excluding carboxylic acids is 2. The second kappa shape index (κ2) is 6.73. The molecule has 0 bridgehead atoms. The summed E-state index contributed by atoms with van der Waals surface area (Å²) in [5, 5.41) is 9.03. The van der Waals surface area contributed by atoms with E-state index < -0.39 is 17.2 Å². The number of hydrogen-bond donors (Lipinski definition) is 2. The zero-order valence-corrected chi connectivity index (χ0v) is 13.7. The van der Waals surface area contributed by atoms with Gasteiger partial charge in [-0.1, -0.05) is 11.8 Å². The van der Waals surface area contributed by atoms with Crippen LogP contribution >= 0.6 is 11.8 Å². The third-order valence-electron chi connectivity index (χ3n) is 2.82. The summed E-state index contributed by atoms with van der Waals surface area (Å²) >= 11 is 1.18. The molecule has 0 saturated carbocycles. The van der Waals surface area contributed by atoms with Gasteiger partial charge in [-0.25, -0.2) is 14.3 Å². The van der Waals surface area contributed by atoms with Crippen LogP contribution in [0.3, 0.4) is 0 Å². The van der Waals surface area contributed by atoms with Crippen molar-refractivity contribution < 1.29 is 9.59 Å². The molecule has 0 saturated heterocycles. The fourth-order valence-electron chi connectivity index (χ4n) is 1.83. The van der Waals surface area contributed by atoms with Gasteiger partial charge in [0.1, 0.15) is 0 Å². The van der Waals surface area contributed by atoms with Crippen LogP contribution in [0.4, 0.5) is 4.79 Å². The van der Waals surface area contributed by atoms with E-state index in [4.69, 9.17) is 0 Å². The van der Waals surface area contributed by atoms with E-state index in [9.17, 15) is 9.59 Å². The van der Waals surface area contributed by atoms with Crippen LogP contribution in [0.2, 0.25) is 0 Å². The van der Waals surface area contributed by atoms with E-state index in [0.29, 0.717) is 17.5 Å². The van der Waals surface area contributed by atoms with E-state index in [0.717, 1.165) is 11.4 Å². The number of rotatable bonds is 4. The Labute approximate surface area is 132 Å². The molecule has 2 N–H and O–H groups in total. The molecule has 0 unspecified atom stereocenters. The first kappa shape index (κ1) is 16.2. The number of urea groups is 1. The Morgan fingerprint density at radius 2 is 2.09 bits per heavy atom. The van der Waals surface area contributed by atoms with Crippen LogP contribution < -0.4 is 10.6 Å². The topological polar surface area (TPSA) is 101 Å². The van der Waals surface area contributed by atoms with Gasteiger partial charge in [0.25, 0.3) is 5.78 Å². The second-order valence-electron chi connectivity index (χ2n) is 4.75. The highest BCUT2D eigenvalue weighted by molar-refractivity contribution is 8.00. The fourth-order valence-corrected chi connectivity index (χ4v) is 2.57. The van der Waals surface area contributed by atoms with Gasteiger partial charge in [-0.2, -0.15) is 4.98 Å². The maximum Gasteiger partial charge on any atom is 0.321 e. The molecule has 2 heterocycles. The number of carbonyl (C=O) groups is 2. The predicted octanol–water partition coefficient (Wildman–Crippen LogP) is 1.07. The van der Waals surface area contributed by atoms with E-state index in [-0.39, 0.29) is 0 Å². The zero-order chi connectivity index (χ0) is 16.3. The minimum absolute atomic E-state index is 0.393.